The van der Waals surface area contributed by atoms with Crippen molar-refractivity contribution in [3.8, 4) is 5.88 Å². The maximum absolute atomic E-state index is 12.6. The van der Waals surface area contributed by atoms with Crippen molar-refractivity contribution in [1.29, 1.82) is 0 Å². The summed E-state index contributed by atoms with van der Waals surface area (Å²) in [5.41, 5.74) is 1.14. The Morgan fingerprint density at radius 1 is 1.11 bits per heavy atom. The maximum atomic E-state index is 12.6. The summed E-state index contributed by atoms with van der Waals surface area (Å²) >= 11 is 0. The van der Waals surface area contributed by atoms with E-state index in [0.717, 1.165) is 38.0 Å². The van der Waals surface area contributed by atoms with Gasteiger partial charge in [-0.2, -0.15) is 4.98 Å². The number of rotatable bonds is 5. The van der Waals surface area contributed by atoms with Gasteiger partial charge in [-0.3, -0.25) is 4.40 Å². The minimum Gasteiger partial charge on any atom is -0.474 e. The van der Waals surface area contributed by atoms with Crippen LogP contribution in [0, 0.1) is 5.41 Å². The molecule has 0 unspecified atom stereocenters. The second kappa shape index (κ2) is 6.72. The molecule has 3 aliphatic rings. The normalized spacial score (nSPS) is 27.0. The summed E-state index contributed by atoms with van der Waals surface area (Å²) in [4.78, 5) is 21.8. The number of carbonyl (C=O) groups is 1. The van der Waals surface area contributed by atoms with Gasteiger partial charge in [-0.25, -0.2) is 9.78 Å². The van der Waals surface area contributed by atoms with Crippen LogP contribution in [0.5, 0.6) is 5.88 Å². The molecule has 0 N–H and O–H groups in total. The van der Waals surface area contributed by atoms with Crippen molar-refractivity contribution in [2.24, 2.45) is 5.41 Å². The van der Waals surface area contributed by atoms with Gasteiger partial charge in [0.2, 0.25) is 11.7 Å². The van der Waals surface area contributed by atoms with E-state index in [-0.39, 0.29) is 23.7 Å². The molecule has 7 nitrogen and oxygen atoms in total. The molecule has 2 aromatic rings. The van der Waals surface area contributed by atoms with E-state index in [4.69, 9.17) is 19.2 Å². The van der Waals surface area contributed by atoms with E-state index in [9.17, 15) is 4.79 Å². The first-order valence-corrected chi connectivity index (χ1v) is 10.1. The van der Waals surface area contributed by atoms with Crippen molar-refractivity contribution in [1.82, 2.24) is 14.4 Å². The summed E-state index contributed by atoms with van der Waals surface area (Å²) in [5.74, 6) is 0.308. The lowest BCUT2D eigenvalue weighted by molar-refractivity contribution is -0.185. The predicted octanol–water partition coefficient (Wildman–Crippen LogP) is 3.89. The van der Waals surface area contributed by atoms with Gasteiger partial charge >= 0.3 is 5.97 Å². The molecule has 3 fully saturated rings. The van der Waals surface area contributed by atoms with Crippen LogP contribution in [0.15, 0.2) is 12.4 Å². The fraction of sp³-hybridized carbons (Fsp3) is 0.667. The van der Waals surface area contributed by atoms with Crippen molar-refractivity contribution < 1.29 is 19.0 Å². The Morgan fingerprint density at radius 2 is 1.82 bits per heavy atom. The molecule has 2 saturated heterocycles. The Kier molecular flexibility index (Phi) is 4.61. The third kappa shape index (κ3) is 3.36. The quantitative estimate of drug-likeness (QED) is 0.725. The molecule has 0 amide bonds. The lowest BCUT2D eigenvalue weighted by Gasteiger charge is -2.51. The lowest BCUT2D eigenvalue weighted by Crippen LogP contribution is -2.48. The molecule has 0 spiro atoms. The third-order valence-corrected chi connectivity index (χ3v) is 5.75. The monoisotopic (exact) mass is 387 g/mol. The fourth-order valence-electron chi connectivity index (χ4n) is 4.05. The van der Waals surface area contributed by atoms with E-state index in [1.165, 1.54) is 0 Å². The van der Waals surface area contributed by atoms with E-state index in [0.29, 0.717) is 16.8 Å². The Morgan fingerprint density at radius 3 is 2.39 bits per heavy atom. The third-order valence-electron chi connectivity index (χ3n) is 5.75. The second-order valence-electron chi connectivity index (χ2n) is 9.01. The Hall–Kier alpha value is -2.15. The van der Waals surface area contributed by atoms with E-state index >= 15 is 0 Å². The lowest BCUT2D eigenvalue weighted by atomic mass is 9.66. The summed E-state index contributed by atoms with van der Waals surface area (Å²) in [5, 5.41) is 0. The molecule has 152 valence electrons. The van der Waals surface area contributed by atoms with Crippen molar-refractivity contribution in [3.63, 3.8) is 0 Å². The fourth-order valence-corrected chi connectivity index (χ4v) is 4.05. The van der Waals surface area contributed by atoms with Gasteiger partial charge in [0.15, 0.2) is 0 Å². The van der Waals surface area contributed by atoms with Gasteiger partial charge in [-0.1, -0.05) is 6.92 Å². The van der Waals surface area contributed by atoms with Gasteiger partial charge in [-0.15, -0.1) is 0 Å². The molecule has 0 radical (unpaired) electrons. The molecule has 2 aliphatic heterocycles. The summed E-state index contributed by atoms with van der Waals surface area (Å²) < 4.78 is 19.2. The smallest absolute Gasteiger partial charge is 0.345 e. The number of imidazole rings is 1. The van der Waals surface area contributed by atoms with Crippen molar-refractivity contribution >= 4 is 11.7 Å². The molecule has 5 rings (SSSR count). The Labute approximate surface area is 165 Å². The molecule has 7 heteroatoms. The Bertz CT molecular complexity index is 878. The van der Waals surface area contributed by atoms with Crippen LogP contribution in [0.4, 0.5) is 0 Å². The van der Waals surface area contributed by atoms with Crippen LogP contribution in [0.3, 0.4) is 0 Å². The molecule has 4 heterocycles. The summed E-state index contributed by atoms with van der Waals surface area (Å²) in [6.07, 6.45) is 7.50. The number of ether oxygens (including phenoxy) is 3. The first-order valence-electron chi connectivity index (χ1n) is 10.1. The molecule has 2 bridgehead atoms. The highest BCUT2D eigenvalue weighted by Gasteiger charge is 2.49. The molecule has 0 atom stereocenters. The summed E-state index contributed by atoms with van der Waals surface area (Å²) in [6.45, 7) is 10.5. The molecule has 0 aromatic carbocycles. The zero-order valence-corrected chi connectivity index (χ0v) is 17.3. The van der Waals surface area contributed by atoms with Crippen LogP contribution in [-0.2, 0) is 15.1 Å². The number of aromatic nitrogens is 3. The minimum atomic E-state index is -0.448. The van der Waals surface area contributed by atoms with Gasteiger partial charge in [0, 0.05) is 12.4 Å². The number of esters is 1. The number of hydrogen-bond acceptors (Lipinski definition) is 6. The zero-order chi connectivity index (χ0) is 20.1. The van der Waals surface area contributed by atoms with Crippen molar-refractivity contribution in [2.75, 3.05) is 6.61 Å². The van der Waals surface area contributed by atoms with Crippen LogP contribution < -0.4 is 4.74 Å². The van der Waals surface area contributed by atoms with Crippen LogP contribution in [0.2, 0.25) is 0 Å². The van der Waals surface area contributed by atoms with Crippen LogP contribution in [0.1, 0.15) is 76.4 Å². The highest BCUT2D eigenvalue weighted by atomic mass is 16.5. The Balaban J connectivity index is 1.74. The highest BCUT2D eigenvalue weighted by molar-refractivity contribution is 5.92. The van der Waals surface area contributed by atoms with Gasteiger partial charge in [-0.05, 0) is 58.8 Å². The molecule has 2 aromatic heterocycles. The average molecular weight is 387 g/mol. The molecule has 28 heavy (non-hydrogen) atoms. The maximum Gasteiger partial charge on any atom is 0.345 e. The average Bonchev–Trinajstić information content (AvgIpc) is 3.04. The molecular formula is C21H29N3O4. The van der Waals surface area contributed by atoms with Crippen LogP contribution in [-0.4, -0.2) is 39.2 Å². The van der Waals surface area contributed by atoms with Gasteiger partial charge in [0.1, 0.15) is 11.2 Å². The number of nitrogens with zero attached hydrogens (tertiary/aromatic N) is 3. The number of carbonyl (C=O) groups excluding carboxylic acids is 1. The van der Waals surface area contributed by atoms with Crippen LogP contribution in [0.25, 0.3) is 5.78 Å². The first kappa shape index (κ1) is 19.2. The largest absolute Gasteiger partial charge is 0.474 e. The standard InChI is InChI=1S/C21H29N3O4/c1-13(2)27-17-15(18(25)28-14(3)4)10-24-11-16(22-19(24)23-17)21-8-6-20(5,7-9-21)12-26-21/h10-11,13-14H,6-9,12H2,1-5H3. The van der Waals surface area contributed by atoms with Gasteiger partial charge < -0.3 is 14.2 Å². The molecular weight excluding hydrogens is 358 g/mol. The van der Waals surface area contributed by atoms with Gasteiger partial charge in [0.25, 0.3) is 0 Å². The van der Waals surface area contributed by atoms with Crippen molar-refractivity contribution in [2.45, 2.75) is 78.1 Å². The zero-order valence-electron chi connectivity index (χ0n) is 17.3. The summed E-state index contributed by atoms with van der Waals surface area (Å²) in [6, 6.07) is 0. The summed E-state index contributed by atoms with van der Waals surface area (Å²) in [7, 11) is 0. The predicted molar refractivity (Wildman–Crippen MR) is 104 cm³/mol. The highest BCUT2D eigenvalue weighted by Crippen LogP contribution is 2.52. The van der Waals surface area contributed by atoms with E-state index in [2.05, 4.69) is 11.9 Å². The molecule has 1 aliphatic carbocycles. The minimum absolute atomic E-state index is 0.119. The van der Waals surface area contributed by atoms with E-state index in [1.54, 1.807) is 10.6 Å². The molecule has 1 saturated carbocycles. The van der Waals surface area contributed by atoms with Gasteiger partial charge in [0.05, 0.1) is 24.5 Å². The second-order valence-corrected chi connectivity index (χ2v) is 9.01. The number of hydrogen-bond donors (Lipinski definition) is 0. The number of fused-ring (bicyclic) bond motifs is 4. The van der Waals surface area contributed by atoms with Crippen LogP contribution >= 0.6 is 0 Å². The van der Waals surface area contributed by atoms with E-state index < -0.39 is 5.97 Å². The SMILES string of the molecule is CC(C)OC(=O)c1cn2cc(C34CCC(C)(CC3)CO4)nc2nc1OC(C)C. The first-order chi connectivity index (χ1) is 13.2. The topological polar surface area (TPSA) is 75.0 Å². The van der Waals surface area contributed by atoms with Crippen molar-refractivity contribution in [3.05, 3.63) is 23.7 Å². The van der Waals surface area contributed by atoms with E-state index in [1.807, 2.05) is 33.9 Å².